The number of aryl methyl sites for hydroxylation is 2. The van der Waals surface area contributed by atoms with Gasteiger partial charge < -0.3 is 4.90 Å². The molecule has 0 saturated carbocycles. The molecule has 0 unspecified atom stereocenters. The van der Waals surface area contributed by atoms with Crippen molar-refractivity contribution in [2.45, 2.75) is 46.1 Å². The summed E-state index contributed by atoms with van der Waals surface area (Å²) in [6, 6.07) is 2.10. The molecular weight excluding hydrogens is 352 g/mol. The molecule has 0 aromatic carbocycles. The highest BCUT2D eigenvalue weighted by Crippen LogP contribution is 2.25. The smallest absolute Gasteiger partial charge is 0.225 e. The molecule has 2 aliphatic rings. The van der Waals surface area contributed by atoms with Crippen LogP contribution in [0.15, 0.2) is 6.07 Å². The Labute approximate surface area is 156 Å². The van der Waals surface area contributed by atoms with Gasteiger partial charge in [-0.15, -0.1) is 0 Å². The van der Waals surface area contributed by atoms with Crippen LogP contribution in [0.25, 0.3) is 0 Å². The Bertz CT molecular complexity index is 742. The van der Waals surface area contributed by atoms with Crippen molar-refractivity contribution in [2.24, 2.45) is 11.8 Å². The zero-order valence-electron chi connectivity index (χ0n) is 16.0. The number of hydrogen-bond donors (Lipinski definition) is 0. The number of sulfonamides is 1. The molecule has 0 bridgehead atoms. The maximum Gasteiger partial charge on any atom is 0.225 e. The van der Waals surface area contributed by atoms with E-state index >= 15 is 0 Å². The fourth-order valence-corrected chi connectivity index (χ4v) is 5.01. The number of carbonyl (C=O) groups is 1. The molecule has 0 atom stereocenters. The first kappa shape index (κ1) is 19.4. The van der Waals surface area contributed by atoms with Gasteiger partial charge in [-0.2, -0.15) is 5.10 Å². The second-order valence-electron chi connectivity index (χ2n) is 7.81. The molecule has 1 aromatic heterocycles. The first-order valence-corrected chi connectivity index (χ1v) is 11.3. The van der Waals surface area contributed by atoms with E-state index < -0.39 is 10.0 Å². The Morgan fingerprint density at radius 2 is 1.73 bits per heavy atom. The molecule has 3 rings (SSSR count). The summed E-state index contributed by atoms with van der Waals surface area (Å²) in [5.41, 5.74) is 2.24. The van der Waals surface area contributed by atoms with Crippen molar-refractivity contribution in [1.82, 2.24) is 19.0 Å². The van der Waals surface area contributed by atoms with E-state index in [1.54, 1.807) is 0 Å². The van der Waals surface area contributed by atoms with E-state index in [0.29, 0.717) is 31.8 Å². The maximum atomic E-state index is 12.8. The van der Waals surface area contributed by atoms with Gasteiger partial charge in [-0.3, -0.25) is 9.48 Å². The van der Waals surface area contributed by atoms with Crippen LogP contribution >= 0.6 is 0 Å². The molecule has 0 N–H and O–H groups in total. The van der Waals surface area contributed by atoms with Crippen molar-refractivity contribution in [3.8, 4) is 0 Å². The summed E-state index contributed by atoms with van der Waals surface area (Å²) in [4.78, 5) is 14.8. The molecule has 0 spiro atoms. The third-order valence-corrected chi connectivity index (χ3v) is 7.04. The summed E-state index contributed by atoms with van der Waals surface area (Å²) < 4.78 is 26.8. The van der Waals surface area contributed by atoms with Crippen molar-refractivity contribution in [3.63, 3.8) is 0 Å². The van der Waals surface area contributed by atoms with Gasteiger partial charge in [-0.05, 0) is 51.5 Å². The number of rotatable bonds is 4. The predicted octanol–water partition coefficient (Wildman–Crippen LogP) is 1.41. The average Bonchev–Trinajstić information content (AvgIpc) is 2.91. The number of nitrogens with zero attached hydrogens (tertiary/aromatic N) is 4. The molecule has 3 heterocycles. The fraction of sp³-hybridized carbons (Fsp3) is 0.778. The summed E-state index contributed by atoms with van der Waals surface area (Å²) in [5.74, 6) is 0.743. The van der Waals surface area contributed by atoms with Gasteiger partial charge in [0.1, 0.15) is 0 Å². The van der Waals surface area contributed by atoms with Gasteiger partial charge in [0.2, 0.25) is 15.9 Å². The SMILES string of the molecule is Cc1cc(C)n(CC2CCN(C(=O)C3CCN(S(C)(=O)=O)CC3)CC2)n1. The summed E-state index contributed by atoms with van der Waals surface area (Å²) in [6.45, 7) is 7.55. The van der Waals surface area contributed by atoms with Crippen LogP contribution in [0.5, 0.6) is 0 Å². The third kappa shape index (κ3) is 4.46. The minimum absolute atomic E-state index is 0.0273. The summed E-state index contributed by atoms with van der Waals surface area (Å²) in [7, 11) is -3.14. The fourth-order valence-electron chi connectivity index (χ4n) is 4.13. The highest BCUT2D eigenvalue weighted by atomic mass is 32.2. The van der Waals surface area contributed by atoms with Crippen molar-refractivity contribution in [3.05, 3.63) is 17.5 Å². The van der Waals surface area contributed by atoms with Crippen LogP contribution in [-0.4, -0.2) is 65.7 Å². The lowest BCUT2D eigenvalue weighted by atomic mass is 9.92. The lowest BCUT2D eigenvalue weighted by molar-refractivity contribution is -0.138. The van der Waals surface area contributed by atoms with Crippen LogP contribution in [0, 0.1) is 25.7 Å². The highest BCUT2D eigenvalue weighted by Gasteiger charge is 2.33. The van der Waals surface area contributed by atoms with Crippen LogP contribution in [0.4, 0.5) is 0 Å². The van der Waals surface area contributed by atoms with Crippen LogP contribution in [0.3, 0.4) is 0 Å². The summed E-state index contributed by atoms with van der Waals surface area (Å²) >= 11 is 0. The number of amides is 1. The molecule has 2 fully saturated rings. The topological polar surface area (TPSA) is 75.5 Å². The Hall–Kier alpha value is -1.41. The predicted molar refractivity (Wildman–Crippen MR) is 100 cm³/mol. The zero-order chi connectivity index (χ0) is 18.9. The van der Waals surface area contributed by atoms with Crippen molar-refractivity contribution in [1.29, 1.82) is 0 Å². The minimum atomic E-state index is -3.14. The maximum absolute atomic E-state index is 12.8. The number of carbonyl (C=O) groups excluding carboxylic acids is 1. The molecule has 0 aliphatic carbocycles. The molecule has 1 aromatic rings. The van der Waals surface area contributed by atoms with E-state index in [9.17, 15) is 13.2 Å². The molecule has 8 heteroatoms. The third-order valence-electron chi connectivity index (χ3n) is 5.73. The summed E-state index contributed by atoms with van der Waals surface area (Å²) in [5, 5.41) is 4.54. The van der Waals surface area contributed by atoms with Crippen LogP contribution < -0.4 is 0 Å². The van der Waals surface area contributed by atoms with Crippen LogP contribution in [0.1, 0.15) is 37.1 Å². The van der Waals surface area contributed by atoms with E-state index in [2.05, 4.69) is 22.8 Å². The molecule has 0 radical (unpaired) electrons. The lowest BCUT2D eigenvalue weighted by Crippen LogP contribution is -2.46. The molecule has 7 nitrogen and oxygen atoms in total. The quantitative estimate of drug-likeness (QED) is 0.789. The van der Waals surface area contributed by atoms with Gasteiger partial charge in [0.05, 0.1) is 11.9 Å². The van der Waals surface area contributed by atoms with E-state index in [1.807, 2.05) is 11.8 Å². The first-order chi connectivity index (χ1) is 12.2. The number of hydrogen-bond acceptors (Lipinski definition) is 4. The molecule has 2 aliphatic heterocycles. The number of piperidine rings is 2. The Kier molecular flexibility index (Phi) is 5.72. The van der Waals surface area contributed by atoms with Crippen molar-refractivity contribution >= 4 is 15.9 Å². The number of aromatic nitrogens is 2. The average molecular weight is 383 g/mol. The van der Waals surface area contributed by atoms with Gasteiger partial charge in [-0.1, -0.05) is 0 Å². The Balaban J connectivity index is 1.47. The molecule has 146 valence electrons. The van der Waals surface area contributed by atoms with Gasteiger partial charge in [0.25, 0.3) is 0 Å². The minimum Gasteiger partial charge on any atom is -0.342 e. The van der Waals surface area contributed by atoms with E-state index in [0.717, 1.165) is 38.2 Å². The molecule has 26 heavy (non-hydrogen) atoms. The molecular formula is C18H30N4O3S. The highest BCUT2D eigenvalue weighted by molar-refractivity contribution is 7.88. The van der Waals surface area contributed by atoms with Gasteiger partial charge in [-0.25, -0.2) is 12.7 Å². The monoisotopic (exact) mass is 382 g/mol. The van der Waals surface area contributed by atoms with Gasteiger partial charge in [0, 0.05) is 44.3 Å². The van der Waals surface area contributed by atoms with Crippen molar-refractivity contribution < 1.29 is 13.2 Å². The van der Waals surface area contributed by atoms with Crippen LogP contribution in [-0.2, 0) is 21.4 Å². The largest absolute Gasteiger partial charge is 0.342 e. The van der Waals surface area contributed by atoms with Crippen molar-refractivity contribution in [2.75, 3.05) is 32.4 Å². The first-order valence-electron chi connectivity index (χ1n) is 9.49. The Morgan fingerprint density at radius 3 is 2.23 bits per heavy atom. The normalized spacial score (nSPS) is 21.3. The van der Waals surface area contributed by atoms with E-state index in [4.69, 9.17) is 0 Å². The molecule has 2 saturated heterocycles. The second kappa shape index (κ2) is 7.68. The molecule has 1 amide bonds. The van der Waals surface area contributed by atoms with E-state index in [1.165, 1.54) is 16.3 Å². The lowest BCUT2D eigenvalue weighted by Gasteiger charge is -2.36. The Morgan fingerprint density at radius 1 is 1.12 bits per heavy atom. The number of likely N-dealkylation sites (tertiary alicyclic amines) is 1. The van der Waals surface area contributed by atoms with Gasteiger partial charge >= 0.3 is 0 Å². The van der Waals surface area contributed by atoms with Gasteiger partial charge in [0.15, 0.2) is 0 Å². The van der Waals surface area contributed by atoms with Crippen LogP contribution in [0.2, 0.25) is 0 Å². The standard InChI is InChI=1S/C18H30N4O3S/c1-14-12-15(2)22(19-14)13-16-4-8-20(9-5-16)18(23)17-6-10-21(11-7-17)26(3,24)25/h12,16-17H,4-11,13H2,1-3H3. The summed E-state index contributed by atoms with van der Waals surface area (Å²) in [6.07, 6.45) is 4.52. The second-order valence-corrected chi connectivity index (χ2v) is 9.80. The zero-order valence-corrected chi connectivity index (χ0v) is 16.8. The van der Waals surface area contributed by atoms with E-state index in [-0.39, 0.29) is 11.8 Å².